The SMILES string of the molecule is COc1cc(OC)c(-c2nc3ccccc3[nH]2)cc1/C=C/C(=O)c1ccc(C(=O)O)cc1. The fourth-order valence-electron chi connectivity index (χ4n) is 3.36. The van der Waals surface area contributed by atoms with Crippen molar-refractivity contribution in [3.63, 3.8) is 0 Å². The van der Waals surface area contributed by atoms with Crippen LogP contribution in [0.15, 0.2) is 66.7 Å². The molecule has 0 aliphatic rings. The molecule has 0 spiro atoms. The predicted molar refractivity (Wildman–Crippen MR) is 121 cm³/mol. The number of allylic oxidation sites excluding steroid dienone is 1. The predicted octanol–water partition coefficient (Wildman–Crippen LogP) is 4.84. The number of carbonyl (C=O) groups is 2. The first kappa shape index (κ1) is 20.9. The number of benzene rings is 3. The van der Waals surface area contributed by atoms with Crippen molar-refractivity contribution in [2.45, 2.75) is 0 Å². The number of rotatable bonds is 7. The molecule has 3 aromatic carbocycles. The van der Waals surface area contributed by atoms with Crippen molar-refractivity contribution in [1.29, 1.82) is 0 Å². The van der Waals surface area contributed by atoms with Crippen LogP contribution in [0.3, 0.4) is 0 Å². The number of para-hydroxylation sites is 2. The van der Waals surface area contributed by atoms with Gasteiger partial charge < -0.3 is 19.6 Å². The Bertz CT molecular complexity index is 1300. The summed E-state index contributed by atoms with van der Waals surface area (Å²) < 4.78 is 11.0. The van der Waals surface area contributed by atoms with Crippen molar-refractivity contribution in [1.82, 2.24) is 9.97 Å². The highest BCUT2D eigenvalue weighted by Crippen LogP contribution is 2.36. The number of aromatic amines is 1. The Labute approximate surface area is 184 Å². The molecule has 0 amide bonds. The number of carboxylic acids is 1. The number of aromatic nitrogens is 2. The number of imidazole rings is 1. The van der Waals surface area contributed by atoms with E-state index in [0.29, 0.717) is 28.5 Å². The van der Waals surface area contributed by atoms with E-state index in [1.165, 1.54) is 30.3 Å². The Morgan fingerprint density at radius 3 is 2.28 bits per heavy atom. The summed E-state index contributed by atoms with van der Waals surface area (Å²) in [5.74, 6) is 0.447. The van der Waals surface area contributed by atoms with E-state index in [1.807, 2.05) is 30.3 Å². The molecule has 2 N–H and O–H groups in total. The lowest BCUT2D eigenvalue weighted by Gasteiger charge is -2.12. The number of methoxy groups -OCH3 is 2. The average molecular weight is 428 g/mol. The summed E-state index contributed by atoms with van der Waals surface area (Å²) in [5, 5.41) is 9.00. The zero-order valence-corrected chi connectivity index (χ0v) is 17.5. The molecular formula is C25H20N2O5. The maximum Gasteiger partial charge on any atom is 0.335 e. The normalized spacial score (nSPS) is 11.1. The molecule has 0 fully saturated rings. The van der Waals surface area contributed by atoms with Gasteiger partial charge in [-0.15, -0.1) is 0 Å². The molecule has 0 bridgehead atoms. The number of fused-ring (bicyclic) bond motifs is 1. The van der Waals surface area contributed by atoms with Crippen LogP contribution in [-0.4, -0.2) is 41.0 Å². The summed E-state index contributed by atoms with van der Waals surface area (Å²) in [6.45, 7) is 0. The number of nitrogens with one attached hydrogen (secondary N) is 1. The van der Waals surface area contributed by atoms with E-state index in [2.05, 4.69) is 9.97 Å². The van der Waals surface area contributed by atoms with Crippen molar-refractivity contribution in [3.8, 4) is 22.9 Å². The molecule has 4 rings (SSSR count). The number of hydrogen-bond acceptors (Lipinski definition) is 5. The molecule has 0 aliphatic carbocycles. The Morgan fingerprint density at radius 1 is 0.938 bits per heavy atom. The highest BCUT2D eigenvalue weighted by atomic mass is 16.5. The summed E-state index contributed by atoms with van der Waals surface area (Å²) in [6.07, 6.45) is 3.07. The van der Waals surface area contributed by atoms with Crippen LogP contribution in [0, 0.1) is 0 Å². The number of hydrogen-bond donors (Lipinski definition) is 2. The molecule has 4 aromatic rings. The van der Waals surface area contributed by atoms with Crippen LogP contribution in [0.2, 0.25) is 0 Å². The summed E-state index contributed by atoms with van der Waals surface area (Å²) in [6, 6.07) is 17.1. The standard InChI is InChI=1S/C25H20N2O5/c1-31-22-14-23(32-2)18(24-26-19-5-3-4-6-20(19)27-24)13-17(22)11-12-21(28)15-7-9-16(10-8-15)25(29)30/h3-14H,1-2H3,(H,26,27)(H,29,30)/b12-11+. The lowest BCUT2D eigenvalue weighted by Crippen LogP contribution is -1.99. The second-order valence-electron chi connectivity index (χ2n) is 6.98. The van der Waals surface area contributed by atoms with Crippen molar-refractivity contribution < 1.29 is 24.2 Å². The highest BCUT2D eigenvalue weighted by Gasteiger charge is 2.15. The molecule has 1 heterocycles. The number of ether oxygens (including phenoxy) is 2. The van der Waals surface area contributed by atoms with E-state index in [1.54, 1.807) is 26.4 Å². The van der Waals surface area contributed by atoms with E-state index in [4.69, 9.17) is 14.6 Å². The summed E-state index contributed by atoms with van der Waals surface area (Å²) in [5.41, 5.74) is 3.63. The number of carbonyl (C=O) groups excluding carboxylic acids is 1. The Hall–Kier alpha value is -4.39. The number of aromatic carboxylic acids is 1. The third kappa shape index (κ3) is 4.09. The third-order valence-corrected chi connectivity index (χ3v) is 5.03. The van der Waals surface area contributed by atoms with E-state index >= 15 is 0 Å². The number of nitrogens with zero attached hydrogens (tertiary/aromatic N) is 1. The number of carboxylic acid groups (broad SMARTS) is 1. The van der Waals surface area contributed by atoms with Crippen molar-refractivity contribution in [2.75, 3.05) is 14.2 Å². The summed E-state index contributed by atoms with van der Waals surface area (Å²) in [4.78, 5) is 31.5. The van der Waals surface area contributed by atoms with Crippen LogP contribution >= 0.6 is 0 Å². The molecule has 0 radical (unpaired) electrons. The minimum Gasteiger partial charge on any atom is -0.496 e. The van der Waals surface area contributed by atoms with Gasteiger partial charge in [0.15, 0.2) is 5.78 Å². The molecule has 0 unspecified atom stereocenters. The maximum absolute atomic E-state index is 12.6. The van der Waals surface area contributed by atoms with Gasteiger partial charge in [0.25, 0.3) is 0 Å². The first-order valence-electron chi connectivity index (χ1n) is 9.77. The minimum atomic E-state index is -1.04. The fourth-order valence-corrected chi connectivity index (χ4v) is 3.36. The second-order valence-corrected chi connectivity index (χ2v) is 6.98. The molecule has 7 heteroatoms. The molecule has 0 saturated heterocycles. The van der Waals surface area contributed by atoms with Gasteiger partial charge in [-0.25, -0.2) is 9.78 Å². The Morgan fingerprint density at radius 2 is 1.62 bits per heavy atom. The quantitative estimate of drug-likeness (QED) is 0.323. The first-order chi connectivity index (χ1) is 15.5. The zero-order valence-electron chi connectivity index (χ0n) is 17.5. The number of ketones is 1. The lowest BCUT2D eigenvalue weighted by atomic mass is 10.0. The van der Waals surface area contributed by atoms with Gasteiger partial charge in [0.05, 0.1) is 36.4 Å². The summed E-state index contributed by atoms with van der Waals surface area (Å²) >= 11 is 0. The molecular weight excluding hydrogens is 408 g/mol. The summed E-state index contributed by atoms with van der Waals surface area (Å²) in [7, 11) is 3.11. The first-order valence-corrected chi connectivity index (χ1v) is 9.77. The largest absolute Gasteiger partial charge is 0.496 e. The van der Waals surface area contributed by atoms with Gasteiger partial charge in [0.2, 0.25) is 0 Å². The molecule has 7 nitrogen and oxygen atoms in total. The average Bonchev–Trinajstić information content (AvgIpc) is 3.26. The lowest BCUT2D eigenvalue weighted by molar-refractivity contribution is 0.0696. The molecule has 160 valence electrons. The van der Waals surface area contributed by atoms with Crippen molar-refractivity contribution in [3.05, 3.63) is 83.4 Å². The van der Waals surface area contributed by atoms with E-state index in [0.717, 1.165) is 16.6 Å². The van der Waals surface area contributed by atoms with Crippen LogP contribution in [0.25, 0.3) is 28.5 Å². The van der Waals surface area contributed by atoms with Gasteiger partial charge in [-0.05, 0) is 42.5 Å². The smallest absolute Gasteiger partial charge is 0.335 e. The van der Waals surface area contributed by atoms with Crippen LogP contribution in [-0.2, 0) is 0 Å². The topological polar surface area (TPSA) is 102 Å². The maximum atomic E-state index is 12.6. The van der Waals surface area contributed by atoms with Crippen LogP contribution in [0.5, 0.6) is 11.5 Å². The molecule has 0 saturated carbocycles. The van der Waals surface area contributed by atoms with Crippen LogP contribution in [0.4, 0.5) is 0 Å². The molecule has 32 heavy (non-hydrogen) atoms. The zero-order chi connectivity index (χ0) is 22.7. The highest BCUT2D eigenvalue weighted by molar-refractivity contribution is 6.07. The molecule has 0 aliphatic heterocycles. The van der Waals surface area contributed by atoms with Gasteiger partial charge in [-0.3, -0.25) is 4.79 Å². The van der Waals surface area contributed by atoms with E-state index < -0.39 is 5.97 Å². The van der Waals surface area contributed by atoms with Crippen LogP contribution < -0.4 is 9.47 Å². The van der Waals surface area contributed by atoms with Crippen molar-refractivity contribution >= 4 is 28.9 Å². The fraction of sp³-hybridized carbons (Fsp3) is 0.0800. The third-order valence-electron chi connectivity index (χ3n) is 5.03. The van der Waals surface area contributed by atoms with Crippen molar-refractivity contribution in [2.24, 2.45) is 0 Å². The van der Waals surface area contributed by atoms with E-state index in [9.17, 15) is 9.59 Å². The Kier molecular flexibility index (Phi) is 5.72. The van der Waals surface area contributed by atoms with Crippen LogP contribution in [0.1, 0.15) is 26.3 Å². The van der Waals surface area contributed by atoms with Gasteiger partial charge in [-0.1, -0.05) is 24.3 Å². The Balaban J connectivity index is 1.70. The molecule has 1 aromatic heterocycles. The number of H-pyrrole nitrogens is 1. The minimum absolute atomic E-state index is 0.123. The van der Waals surface area contributed by atoms with Gasteiger partial charge in [0, 0.05) is 17.2 Å². The second kappa shape index (κ2) is 8.77. The molecule has 0 atom stereocenters. The van der Waals surface area contributed by atoms with Gasteiger partial charge in [-0.2, -0.15) is 0 Å². The monoisotopic (exact) mass is 428 g/mol. The van der Waals surface area contributed by atoms with E-state index in [-0.39, 0.29) is 11.3 Å². The van der Waals surface area contributed by atoms with Gasteiger partial charge >= 0.3 is 5.97 Å². The van der Waals surface area contributed by atoms with Gasteiger partial charge in [0.1, 0.15) is 17.3 Å².